The van der Waals surface area contributed by atoms with E-state index in [0.29, 0.717) is 18.9 Å². The Bertz CT molecular complexity index is 757. The SMILES string of the molecule is Cc1ccc(OC(C)C(=O)OCC(=O)NCCOc2cccc(C)c2)cc1. The van der Waals surface area contributed by atoms with Crippen LogP contribution in [0.5, 0.6) is 11.5 Å². The number of nitrogens with one attached hydrogen (secondary N) is 1. The Morgan fingerprint density at radius 1 is 1.00 bits per heavy atom. The summed E-state index contributed by atoms with van der Waals surface area (Å²) in [6.07, 6.45) is -0.801. The van der Waals surface area contributed by atoms with E-state index in [1.807, 2.05) is 50.2 Å². The Balaban J connectivity index is 1.62. The molecule has 144 valence electrons. The minimum absolute atomic E-state index is 0.319. The van der Waals surface area contributed by atoms with Crippen molar-refractivity contribution in [1.29, 1.82) is 0 Å². The Kier molecular flexibility index (Phi) is 7.67. The van der Waals surface area contributed by atoms with Gasteiger partial charge < -0.3 is 19.5 Å². The van der Waals surface area contributed by atoms with Crippen molar-refractivity contribution < 1.29 is 23.8 Å². The van der Waals surface area contributed by atoms with Crippen LogP contribution in [0.25, 0.3) is 0 Å². The summed E-state index contributed by atoms with van der Waals surface area (Å²) in [6.45, 7) is 5.81. The molecule has 6 nitrogen and oxygen atoms in total. The fourth-order valence-electron chi connectivity index (χ4n) is 2.24. The summed E-state index contributed by atoms with van der Waals surface area (Å²) in [5, 5.41) is 2.64. The summed E-state index contributed by atoms with van der Waals surface area (Å²) in [5.41, 5.74) is 2.20. The van der Waals surface area contributed by atoms with Gasteiger partial charge in [0.2, 0.25) is 0 Å². The molecule has 0 heterocycles. The second-order valence-electron chi connectivity index (χ2n) is 6.20. The largest absolute Gasteiger partial charge is 0.492 e. The van der Waals surface area contributed by atoms with Gasteiger partial charge in [0, 0.05) is 0 Å². The molecular formula is C21H25NO5. The third-order valence-electron chi connectivity index (χ3n) is 3.69. The Morgan fingerprint density at radius 3 is 2.44 bits per heavy atom. The van der Waals surface area contributed by atoms with Crippen LogP contribution in [0.15, 0.2) is 48.5 Å². The highest BCUT2D eigenvalue weighted by Gasteiger charge is 2.17. The average Bonchev–Trinajstić information content (AvgIpc) is 2.65. The predicted molar refractivity (Wildman–Crippen MR) is 102 cm³/mol. The zero-order valence-corrected chi connectivity index (χ0v) is 15.9. The maximum Gasteiger partial charge on any atom is 0.347 e. The van der Waals surface area contributed by atoms with Crippen molar-refractivity contribution in [3.05, 3.63) is 59.7 Å². The predicted octanol–water partition coefficient (Wildman–Crippen LogP) is 2.81. The molecule has 2 aromatic rings. The van der Waals surface area contributed by atoms with Crippen LogP contribution in [-0.2, 0) is 14.3 Å². The van der Waals surface area contributed by atoms with Crippen molar-refractivity contribution in [2.45, 2.75) is 26.9 Å². The lowest BCUT2D eigenvalue weighted by Crippen LogP contribution is -2.34. The molecular weight excluding hydrogens is 346 g/mol. The topological polar surface area (TPSA) is 73.9 Å². The second-order valence-corrected chi connectivity index (χ2v) is 6.20. The summed E-state index contributed by atoms with van der Waals surface area (Å²) >= 11 is 0. The smallest absolute Gasteiger partial charge is 0.347 e. The minimum Gasteiger partial charge on any atom is -0.492 e. The Hall–Kier alpha value is -3.02. The van der Waals surface area contributed by atoms with Crippen LogP contribution < -0.4 is 14.8 Å². The van der Waals surface area contributed by atoms with E-state index in [9.17, 15) is 9.59 Å². The van der Waals surface area contributed by atoms with E-state index in [4.69, 9.17) is 14.2 Å². The molecule has 1 N–H and O–H groups in total. The van der Waals surface area contributed by atoms with E-state index in [-0.39, 0.29) is 6.61 Å². The number of aryl methyl sites for hydroxylation is 2. The molecule has 0 saturated carbocycles. The van der Waals surface area contributed by atoms with Crippen molar-refractivity contribution in [1.82, 2.24) is 5.32 Å². The third kappa shape index (κ3) is 7.40. The fourth-order valence-corrected chi connectivity index (χ4v) is 2.24. The highest BCUT2D eigenvalue weighted by molar-refractivity contribution is 5.81. The highest BCUT2D eigenvalue weighted by Crippen LogP contribution is 2.14. The summed E-state index contributed by atoms with van der Waals surface area (Å²) < 4.78 is 16.0. The lowest BCUT2D eigenvalue weighted by molar-refractivity contribution is -0.154. The number of amides is 1. The first-order valence-electron chi connectivity index (χ1n) is 8.80. The van der Waals surface area contributed by atoms with E-state index in [1.165, 1.54) is 0 Å². The van der Waals surface area contributed by atoms with Crippen molar-refractivity contribution >= 4 is 11.9 Å². The number of carbonyl (C=O) groups is 2. The lowest BCUT2D eigenvalue weighted by Gasteiger charge is -2.14. The van der Waals surface area contributed by atoms with Crippen molar-refractivity contribution in [3.63, 3.8) is 0 Å². The zero-order chi connectivity index (χ0) is 19.6. The first-order valence-corrected chi connectivity index (χ1v) is 8.80. The van der Waals surface area contributed by atoms with Crippen LogP contribution in [0.2, 0.25) is 0 Å². The van der Waals surface area contributed by atoms with E-state index in [1.54, 1.807) is 19.1 Å². The summed E-state index contributed by atoms with van der Waals surface area (Å²) in [4.78, 5) is 23.7. The number of ether oxygens (including phenoxy) is 3. The molecule has 0 aromatic heterocycles. The second kappa shape index (κ2) is 10.2. The molecule has 1 unspecified atom stereocenters. The standard InChI is InChI=1S/C21H25NO5/c1-15-7-9-18(10-8-15)27-17(3)21(24)26-14-20(23)22-11-12-25-19-6-4-5-16(2)13-19/h4-10,13,17H,11-12,14H2,1-3H3,(H,22,23). The highest BCUT2D eigenvalue weighted by atomic mass is 16.6. The fraction of sp³-hybridized carbons (Fsp3) is 0.333. The maximum absolute atomic E-state index is 11.9. The number of carbonyl (C=O) groups excluding carboxylic acids is 2. The van der Waals surface area contributed by atoms with Crippen LogP contribution in [0.4, 0.5) is 0 Å². The first-order chi connectivity index (χ1) is 12.9. The van der Waals surface area contributed by atoms with Gasteiger partial charge in [-0.1, -0.05) is 29.8 Å². The molecule has 0 aliphatic rings. The van der Waals surface area contributed by atoms with Gasteiger partial charge in [0.1, 0.15) is 18.1 Å². The maximum atomic E-state index is 11.9. The molecule has 0 bridgehead atoms. The number of esters is 1. The van der Waals surface area contributed by atoms with Crippen molar-refractivity contribution in [2.24, 2.45) is 0 Å². The molecule has 0 saturated heterocycles. The average molecular weight is 371 g/mol. The molecule has 0 radical (unpaired) electrons. The number of rotatable bonds is 9. The molecule has 0 fully saturated rings. The van der Waals surface area contributed by atoms with Crippen LogP contribution in [0.1, 0.15) is 18.1 Å². The normalized spacial score (nSPS) is 11.4. The van der Waals surface area contributed by atoms with Gasteiger partial charge in [0.15, 0.2) is 12.7 Å². The van der Waals surface area contributed by atoms with Crippen LogP contribution in [0.3, 0.4) is 0 Å². The molecule has 1 atom stereocenters. The molecule has 2 rings (SSSR count). The molecule has 0 aliphatic heterocycles. The number of benzene rings is 2. The van der Waals surface area contributed by atoms with Gasteiger partial charge >= 0.3 is 5.97 Å². The van der Waals surface area contributed by atoms with Crippen molar-refractivity contribution in [2.75, 3.05) is 19.8 Å². The van der Waals surface area contributed by atoms with E-state index in [2.05, 4.69) is 5.32 Å². The third-order valence-corrected chi connectivity index (χ3v) is 3.69. The molecule has 0 spiro atoms. The first kappa shape index (κ1) is 20.3. The summed E-state index contributed by atoms with van der Waals surface area (Å²) in [6, 6.07) is 15.0. The van der Waals surface area contributed by atoms with E-state index in [0.717, 1.165) is 16.9 Å². The van der Waals surface area contributed by atoms with Crippen LogP contribution >= 0.6 is 0 Å². The molecule has 1 amide bonds. The van der Waals surface area contributed by atoms with Gasteiger partial charge in [-0.15, -0.1) is 0 Å². The van der Waals surface area contributed by atoms with Gasteiger partial charge in [-0.2, -0.15) is 0 Å². The minimum atomic E-state index is -0.801. The Labute approximate surface area is 159 Å². The molecule has 0 aliphatic carbocycles. The van der Waals surface area contributed by atoms with Gasteiger partial charge in [-0.05, 0) is 50.6 Å². The summed E-state index contributed by atoms with van der Waals surface area (Å²) in [5.74, 6) is 0.334. The Morgan fingerprint density at radius 2 is 1.74 bits per heavy atom. The summed E-state index contributed by atoms with van der Waals surface area (Å²) in [7, 11) is 0. The monoisotopic (exact) mass is 371 g/mol. The van der Waals surface area contributed by atoms with Gasteiger partial charge in [0.05, 0.1) is 6.54 Å². The zero-order valence-electron chi connectivity index (χ0n) is 15.9. The quantitative estimate of drug-likeness (QED) is 0.542. The molecule has 2 aromatic carbocycles. The number of hydrogen-bond donors (Lipinski definition) is 1. The van der Waals surface area contributed by atoms with Gasteiger partial charge in [0.25, 0.3) is 5.91 Å². The van der Waals surface area contributed by atoms with Gasteiger partial charge in [-0.3, -0.25) is 4.79 Å². The molecule has 27 heavy (non-hydrogen) atoms. The van der Waals surface area contributed by atoms with Gasteiger partial charge in [-0.25, -0.2) is 4.79 Å². The lowest BCUT2D eigenvalue weighted by atomic mass is 10.2. The van der Waals surface area contributed by atoms with Crippen LogP contribution in [-0.4, -0.2) is 37.7 Å². The van der Waals surface area contributed by atoms with E-state index >= 15 is 0 Å². The number of hydrogen-bond acceptors (Lipinski definition) is 5. The van der Waals surface area contributed by atoms with Crippen molar-refractivity contribution in [3.8, 4) is 11.5 Å². The van der Waals surface area contributed by atoms with E-state index < -0.39 is 18.0 Å². The van der Waals surface area contributed by atoms with Crippen LogP contribution in [0, 0.1) is 13.8 Å². The molecule has 6 heteroatoms.